The third-order valence-corrected chi connectivity index (χ3v) is 3.21. The van der Waals surface area contributed by atoms with Gasteiger partial charge < -0.3 is 19.0 Å². The minimum Gasteiger partial charge on any atom is -0.378 e. The van der Waals surface area contributed by atoms with E-state index in [4.69, 9.17) is 21.7 Å². The molecule has 1 saturated heterocycles. The standard InChI is InChI=1S/C10H16N2O2S/c1-8-5-12(9(15)11-8)6-10(13-2)3-4-14-7-10/h5H,3-4,6-7H2,1-2H3,(H,11,15). The Bertz CT molecular complexity index is 390. The Kier molecular flexibility index (Phi) is 2.95. The van der Waals surface area contributed by atoms with Gasteiger partial charge in [0.05, 0.1) is 13.2 Å². The maximum Gasteiger partial charge on any atom is 0.177 e. The monoisotopic (exact) mass is 228 g/mol. The van der Waals surface area contributed by atoms with Crippen molar-refractivity contribution in [3.05, 3.63) is 16.7 Å². The van der Waals surface area contributed by atoms with Gasteiger partial charge in [-0.05, 0) is 19.1 Å². The molecule has 1 aliphatic rings. The van der Waals surface area contributed by atoms with E-state index in [1.807, 2.05) is 17.7 Å². The predicted molar refractivity (Wildman–Crippen MR) is 59.5 cm³/mol. The van der Waals surface area contributed by atoms with Gasteiger partial charge >= 0.3 is 0 Å². The number of nitrogens with one attached hydrogen (secondary N) is 1. The smallest absolute Gasteiger partial charge is 0.177 e. The van der Waals surface area contributed by atoms with Crippen LogP contribution in [-0.4, -0.2) is 35.5 Å². The zero-order chi connectivity index (χ0) is 10.9. The molecule has 0 saturated carbocycles. The van der Waals surface area contributed by atoms with E-state index in [2.05, 4.69) is 4.98 Å². The predicted octanol–water partition coefficient (Wildman–Crippen LogP) is 1.66. The Hall–Kier alpha value is -0.650. The molecular weight excluding hydrogens is 212 g/mol. The summed E-state index contributed by atoms with van der Waals surface area (Å²) < 4.78 is 13.7. The summed E-state index contributed by atoms with van der Waals surface area (Å²) in [5, 5.41) is 0. The van der Waals surface area contributed by atoms with Crippen molar-refractivity contribution in [2.75, 3.05) is 20.3 Å². The number of H-pyrrole nitrogens is 1. The van der Waals surface area contributed by atoms with Crippen molar-refractivity contribution in [1.29, 1.82) is 0 Å². The maximum absolute atomic E-state index is 5.56. The van der Waals surface area contributed by atoms with Crippen molar-refractivity contribution in [3.63, 3.8) is 0 Å². The molecule has 1 aromatic rings. The fourth-order valence-electron chi connectivity index (χ4n) is 1.93. The molecule has 1 N–H and O–H groups in total. The lowest BCUT2D eigenvalue weighted by Crippen LogP contribution is -2.36. The summed E-state index contributed by atoms with van der Waals surface area (Å²) in [4.78, 5) is 3.10. The van der Waals surface area contributed by atoms with E-state index in [9.17, 15) is 0 Å². The number of imidazole rings is 1. The number of nitrogens with zero attached hydrogens (tertiary/aromatic N) is 1. The summed E-state index contributed by atoms with van der Waals surface area (Å²) in [5.74, 6) is 0. The van der Waals surface area contributed by atoms with E-state index >= 15 is 0 Å². The molecule has 4 nitrogen and oxygen atoms in total. The molecule has 1 aromatic heterocycles. The number of aromatic nitrogens is 2. The molecule has 2 heterocycles. The van der Waals surface area contributed by atoms with Crippen molar-refractivity contribution in [1.82, 2.24) is 9.55 Å². The first-order chi connectivity index (χ1) is 7.15. The van der Waals surface area contributed by atoms with E-state index in [-0.39, 0.29) is 5.60 Å². The van der Waals surface area contributed by atoms with Crippen LogP contribution in [0.5, 0.6) is 0 Å². The lowest BCUT2D eigenvalue weighted by atomic mass is 10.0. The molecule has 15 heavy (non-hydrogen) atoms. The molecule has 5 heteroatoms. The highest BCUT2D eigenvalue weighted by Gasteiger charge is 2.35. The highest BCUT2D eigenvalue weighted by atomic mass is 32.1. The van der Waals surface area contributed by atoms with E-state index in [0.717, 1.165) is 30.0 Å². The second-order valence-electron chi connectivity index (χ2n) is 4.06. The molecule has 0 radical (unpaired) electrons. The first-order valence-electron chi connectivity index (χ1n) is 5.04. The van der Waals surface area contributed by atoms with Crippen molar-refractivity contribution in [3.8, 4) is 0 Å². The molecular formula is C10H16N2O2S. The summed E-state index contributed by atoms with van der Waals surface area (Å²) in [6.07, 6.45) is 2.94. The molecule has 2 rings (SSSR count). The van der Waals surface area contributed by atoms with Crippen LogP contribution in [0.2, 0.25) is 0 Å². The van der Waals surface area contributed by atoms with Crippen LogP contribution < -0.4 is 0 Å². The second-order valence-corrected chi connectivity index (χ2v) is 4.45. The highest BCUT2D eigenvalue weighted by molar-refractivity contribution is 7.71. The van der Waals surface area contributed by atoms with E-state index in [1.165, 1.54) is 0 Å². The molecule has 1 aliphatic heterocycles. The normalized spacial score (nSPS) is 26.0. The van der Waals surface area contributed by atoms with Crippen LogP contribution in [0.15, 0.2) is 6.20 Å². The largest absolute Gasteiger partial charge is 0.378 e. The Morgan fingerprint density at radius 2 is 2.53 bits per heavy atom. The lowest BCUT2D eigenvalue weighted by molar-refractivity contribution is -0.0297. The lowest BCUT2D eigenvalue weighted by Gasteiger charge is -2.25. The number of hydrogen-bond acceptors (Lipinski definition) is 3. The molecule has 0 aromatic carbocycles. The summed E-state index contributed by atoms with van der Waals surface area (Å²) in [6, 6.07) is 0. The Morgan fingerprint density at radius 3 is 3.00 bits per heavy atom. The van der Waals surface area contributed by atoms with E-state index < -0.39 is 0 Å². The Balaban J connectivity index is 2.19. The first kappa shape index (κ1) is 10.9. The SMILES string of the molecule is COC1(Cn2cc(C)[nH]c2=S)CCOC1. The second kappa shape index (κ2) is 4.08. The molecule has 1 unspecified atom stereocenters. The summed E-state index contributed by atoms with van der Waals surface area (Å²) in [6.45, 7) is 4.17. The highest BCUT2D eigenvalue weighted by Crippen LogP contribution is 2.24. The molecule has 1 atom stereocenters. The average Bonchev–Trinajstić information content (AvgIpc) is 2.76. The van der Waals surface area contributed by atoms with Gasteiger partial charge in [-0.25, -0.2) is 0 Å². The van der Waals surface area contributed by atoms with Crippen LogP contribution in [0.4, 0.5) is 0 Å². The molecule has 84 valence electrons. The van der Waals surface area contributed by atoms with Crippen LogP contribution in [0, 0.1) is 11.7 Å². The van der Waals surface area contributed by atoms with Gasteiger partial charge in [0.15, 0.2) is 4.77 Å². The van der Waals surface area contributed by atoms with Gasteiger partial charge in [-0.3, -0.25) is 0 Å². The van der Waals surface area contributed by atoms with Crippen molar-refractivity contribution in [2.45, 2.75) is 25.5 Å². The fraction of sp³-hybridized carbons (Fsp3) is 0.700. The van der Waals surface area contributed by atoms with Crippen molar-refractivity contribution >= 4 is 12.2 Å². The average molecular weight is 228 g/mol. The van der Waals surface area contributed by atoms with Gasteiger partial charge in [0.25, 0.3) is 0 Å². The molecule has 1 fully saturated rings. The Labute approximate surface area is 94.2 Å². The summed E-state index contributed by atoms with van der Waals surface area (Å²) >= 11 is 5.22. The minimum absolute atomic E-state index is 0.202. The van der Waals surface area contributed by atoms with Crippen LogP contribution >= 0.6 is 12.2 Å². The molecule has 0 aliphatic carbocycles. The number of rotatable bonds is 3. The molecule has 0 amide bonds. The van der Waals surface area contributed by atoms with Gasteiger partial charge in [0.1, 0.15) is 5.60 Å². The van der Waals surface area contributed by atoms with Gasteiger partial charge in [-0.1, -0.05) is 0 Å². The number of ether oxygens (including phenoxy) is 2. The first-order valence-corrected chi connectivity index (χ1v) is 5.45. The van der Waals surface area contributed by atoms with Crippen LogP contribution in [0.1, 0.15) is 12.1 Å². The third-order valence-electron chi connectivity index (χ3n) is 2.87. The zero-order valence-electron chi connectivity index (χ0n) is 9.08. The molecule has 0 bridgehead atoms. The fourth-order valence-corrected chi connectivity index (χ4v) is 2.21. The number of aromatic amines is 1. The quantitative estimate of drug-likeness (QED) is 0.800. The van der Waals surface area contributed by atoms with Crippen molar-refractivity contribution < 1.29 is 9.47 Å². The van der Waals surface area contributed by atoms with Gasteiger partial charge in [-0.15, -0.1) is 0 Å². The summed E-state index contributed by atoms with van der Waals surface area (Å²) in [5.41, 5.74) is 0.873. The summed E-state index contributed by atoms with van der Waals surface area (Å²) in [7, 11) is 1.73. The zero-order valence-corrected chi connectivity index (χ0v) is 9.89. The van der Waals surface area contributed by atoms with Crippen LogP contribution in [0.3, 0.4) is 0 Å². The van der Waals surface area contributed by atoms with Gasteiger partial charge in [-0.2, -0.15) is 0 Å². The van der Waals surface area contributed by atoms with Crippen LogP contribution in [0.25, 0.3) is 0 Å². The third kappa shape index (κ3) is 2.14. The number of hydrogen-bond donors (Lipinski definition) is 1. The maximum atomic E-state index is 5.56. The van der Waals surface area contributed by atoms with Crippen molar-refractivity contribution in [2.24, 2.45) is 0 Å². The van der Waals surface area contributed by atoms with Gasteiger partial charge in [0, 0.05) is 32.0 Å². The van der Waals surface area contributed by atoms with E-state index in [0.29, 0.717) is 6.61 Å². The number of aryl methyl sites for hydroxylation is 1. The van der Waals surface area contributed by atoms with Crippen LogP contribution in [-0.2, 0) is 16.0 Å². The molecule has 0 spiro atoms. The van der Waals surface area contributed by atoms with E-state index in [1.54, 1.807) is 7.11 Å². The Morgan fingerprint density at radius 1 is 1.73 bits per heavy atom. The minimum atomic E-state index is -0.202. The number of methoxy groups -OCH3 is 1. The van der Waals surface area contributed by atoms with Gasteiger partial charge in [0.2, 0.25) is 0 Å². The topological polar surface area (TPSA) is 39.2 Å².